The molecule has 0 radical (unpaired) electrons. The minimum atomic E-state index is 0.250. The van der Waals surface area contributed by atoms with Gasteiger partial charge in [-0.3, -0.25) is 0 Å². The molecule has 0 aliphatic carbocycles. The molecule has 1 saturated heterocycles. The molecular formula is C12H20N4O. The molecule has 1 aliphatic rings. The van der Waals surface area contributed by atoms with Crippen LogP contribution >= 0.6 is 0 Å². The molecular weight excluding hydrogens is 216 g/mol. The van der Waals surface area contributed by atoms with Crippen molar-refractivity contribution >= 4 is 11.8 Å². The number of aromatic nitrogens is 2. The predicted octanol–water partition coefficient (Wildman–Crippen LogP) is 1.44. The second kappa shape index (κ2) is 4.87. The van der Waals surface area contributed by atoms with E-state index >= 15 is 0 Å². The van der Waals surface area contributed by atoms with E-state index in [0.717, 1.165) is 24.7 Å². The van der Waals surface area contributed by atoms with Crippen molar-refractivity contribution in [1.82, 2.24) is 9.97 Å². The molecule has 94 valence electrons. The average Bonchev–Trinajstić information content (AvgIpc) is 2.31. The van der Waals surface area contributed by atoms with Crippen molar-refractivity contribution in [3.63, 3.8) is 0 Å². The summed E-state index contributed by atoms with van der Waals surface area (Å²) < 4.78 is 5.63. The Kier molecular flexibility index (Phi) is 3.47. The lowest BCUT2D eigenvalue weighted by Crippen LogP contribution is -2.47. The molecule has 1 aromatic heterocycles. The van der Waals surface area contributed by atoms with E-state index in [9.17, 15) is 0 Å². The minimum absolute atomic E-state index is 0.250. The van der Waals surface area contributed by atoms with Crippen LogP contribution in [0.3, 0.4) is 0 Å². The van der Waals surface area contributed by atoms with Crippen LogP contribution < -0.4 is 10.2 Å². The average molecular weight is 236 g/mol. The van der Waals surface area contributed by atoms with Crippen LogP contribution in [-0.2, 0) is 4.74 Å². The number of nitrogens with zero attached hydrogens (tertiary/aromatic N) is 3. The van der Waals surface area contributed by atoms with Gasteiger partial charge >= 0.3 is 0 Å². The van der Waals surface area contributed by atoms with E-state index in [1.807, 2.05) is 20.0 Å². The van der Waals surface area contributed by atoms with Gasteiger partial charge in [-0.2, -0.15) is 4.98 Å². The monoisotopic (exact) mass is 236 g/mol. The highest BCUT2D eigenvalue weighted by molar-refractivity contribution is 5.45. The van der Waals surface area contributed by atoms with Crippen molar-refractivity contribution in [2.24, 2.45) is 0 Å². The quantitative estimate of drug-likeness (QED) is 0.842. The van der Waals surface area contributed by atoms with Crippen molar-refractivity contribution < 1.29 is 4.74 Å². The van der Waals surface area contributed by atoms with E-state index in [4.69, 9.17) is 4.74 Å². The standard InChI is InChI=1S/C12H20N4O/c1-8-5-11(15-12(13-4)14-8)16-6-10(3)17-7-9(16)2/h5,9-10H,6-7H2,1-4H3,(H,13,14,15). The van der Waals surface area contributed by atoms with Crippen molar-refractivity contribution in [2.45, 2.75) is 32.9 Å². The lowest BCUT2D eigenvalue weighted by atomic mass is 10.2. The maximum absolute atomic E-state index is 5.63. The maximum atomic E-state index is 5.63. The Hall–Kier alpha value is -1.36. The Morgan fingerprint density at radius 2 is 2.18 bits per heavy atom. The van der Waals surface area contributed by atoms with Gasteiger partial charge in [-0.25, -0.2) is 4.98 Å². The first-order valence-corrected chi connectivity index (χ1v) is 6.02. The van der Waals surface area contributed by atoms with E-state index in [1.165, 1.54) is 0 Å². The zero-order chi connectivity index (χ0) is 12.4. The summed E-state index contributed by atoms with van der Waals surface area (Å²) in [5.74, 6) is 1.65. The predicted molar refractivity (Wildman–Crippen MR) is 68.5 cm³/mol. The van der Waals surface area contributed by atoms with E-state index in [2.05, 4.69) is 34.0 Å². The van der Waals surface area contributed by atoms with Crippen molar-refractivity contribution in [2.75, 3.05) is 30.4 Å². The van der Waals surface area contributed by atoms with Gasteiger partial charge in [-0.05, 0) is 20.8 Å². The molecule has 0 aromatic carbocycles. The molecule has 5 heteroatoms. The van der Waals surface area contributed by atoms with Gasteiger partial charge < -0.3 is 15.0 Å². The molecule has 0 spiro atoms. The van der Waals surface area contributed by atoms with Gasteiger partial charge in [0.05, 0.1) is 18.8 Å². The lowest BCUT2D eigenvalue weighted by Gasteiger charge is -2.37. The molecule has 0 bridgehead atoms. The smallest absolute Gasteiger partial charge is 0.224 e. The molecule has 1 aliphatic heterocycles. The molecule has 1 N–H and O–H groups in total. The molecule has 2 unspecified atom stereocenters. The van der Waals surface area contributed by atoms with Gasteiger partial charge in [0.1, 0.15) is 5.82 Å². The number of morpholine rings is 1. The topological polar surface area (TPSA) is 50.3 Å². The normalized spacial score (nSPS) is 24.8. The summed E-state index contributed by atoms with van der Waals surface area (Å²) in [6.45, 7) is 7.86. The Morgan fingerprint density at radius 1 is 1.41 bits per heavy atom. The fourth-order valence-electron chi connectivity index (χ4n) is 2.03. The number of anilines is 2. The van der Waals surface area contributed by atoms with Crippen LogP contribution in [0.2, 0.25) is 0 Å². The number of ether oxygens (including phenoxy) is 1. The van der Waals surface area contributed by atoms with Gasteiger partial charge in [-0.15, -0.1) is 0 Å². The van der Waals surface area contributed by atoms with Gasteiger partial charge in [0.15, 0.2) is 0 Å². The van der Waals surface area contributed by atoms with Crippen LogP contribution in [0.15, 0.2) is 6.07 Å². The minimum Gasteiger partial charge on any atom is -0.375 e. The summed E-state index contributed by atoms with van der Waals surface area (Å²) >= 11 is 0. The third kappa shape index (κ3) is 2.66. The number of aryl methyl sites for hydroxylation is 1. The van der Waals surface area contributed by atoms with E-state index in [1.54, 1.807) is 0 Å². The Labute approximate surface area is 102 Å². The highest BCUT2D eigenvalue weighted by Gasteiger charge is 2.24. The van der Waals surface area contributed by atoms with Crippen LogP contribution in [0.4, 0.5) is 11.8 Å². The Balaban J connectivity index is 2.28. The van der Waals surface area contributed by atoms with E-state index in [0.29, 0.717) is 12.0 Å². The molecule has 2 rings (SSSR count). The molecule has 5 nitrogen and oxygen atoms in total. The lowest BCUT2D eigenvalue weighted by molar-refractivity contribution is 0.0340. The summed E-state index contributed by atoms with van der Waals surface area (Å²) in [4.78, 5) is 11.1. The van der Waals surface area contributed by atoms with Gasteiger partial charge in [0, 0.05) is 25.4 Å². The zero-order valence-electron chi connectivity index (χ0n) is 10.9. The van der Waals surface area contributed by atoms with Crippen LogP contribution in [0.25, 0.3) is 0 Å². The number of hydrogen-bond acceptors (Lipinski definition) is 5. The van der Waals surface area contributed by atoms with Gasteiger partial charge in [0.2, 0.25) is 5.95 Å². The summed E-state index contributed by atoms with van der Waals surface area (Å²) in [5.41, 5.74) is 0.977. The first kappa shape index (κ1) is 12.1. The molecule has 1 fully saturated rings. The van der Waals surface area contributed by atoms with Crippen molar-refractivity contribution in [3.05, 3.63) is 11.8 Å². The second-order valence-corrected chi connectivity index (χ2v) is 4.59. The third-order valence-corrected chi connectivity index (χ3v) is 2.97. The van der Waals surface area contributed by atoms with Crippen LogP contribution in [0.1, 0.15) is 19.5 Å². The van der Waals surface area contributed by atoms with Crippen LogP contribution in [0.5, 0.6) is 0 Å². The first-order chi connectivity index (χ1) is 8.10. The number of hydrogen-bond donors (Lipinski definition) is 1. The fourth-order valence-corrected chi connectivity index (χ4v) is 2.03. The van der Waals surface area contributed by atoms with Crippen molar-refractivity contribution in [3.8, 4) is 0 Å². The first-order valence-electron chi connectivity index (χ1n) is 6.02. The third-order valence-electron chi connectivity index (χ3n) is 2.97. The van der Waals surface area contributed by atoms with Gasteiger partial charge in [-0.1, -0.05) is 0 Å². The number of nitrogens with one attached hydrogen (secondary N) is 1. The Bertz CT molecular complexity index is 396. The van der Waals surface area contributed by atoms with Gasteiger partial charge in [0.25, 0.3) is 0 Å². The number of rotatable bonds is 2. The molecule has 1 aromatic rings. The van der Waals surface area contributed by atoms with Crippen LogP contribution in [0, 0.1) is 6.92 Å². The molecule has 2 heterocycles. The molecule has 17 heavy (non-hydrogen) atoms. The van der Waals surface area contributed by atoms with E-state index in [-0.39, 0.29) is 6.10 Å². The van der Waals surface area contributed by atoms with Crippen LogP contribution in [-0.4, -0.2) is 42.3 Å². The maximum Gasteiger partial charge on any atom is 0.224 e. The highest BCUT2D eigenvalue weighted by atomic mass is 16.5. The summed E-state index contributed by atoms with van der Waals surface area (Å²) in [7, 11) is 1.84. The second-order valence-electron chi connectivity index (χ2n) is 4.59. The summed E-state index contributed by atoms with van der Waals surface area (Å²) in [5, 5.41) is 2.99. The fraction of sp³-hybridized carbons (Fsp3) is 0.667. The van der Waals surface area contributed by atoms with Crippen molar-refractivity contribution in [1.29, 1.82) is 0 Å². The molecule has 2 atom stereocenters. The molecule has 0 amide bonds. The summed E-state index contributed by atoms with van der Waals surface area (Å²) in [6, 6.07) is 2.38. The SMILES string of the molecule is CNc1nc(C)cc(N2CC(C)OCC2C)n1. The summed E-state index contributed by atoms with van der Waals surface area (Å²) in [6.07, 6.45) is 0.250. The Morgan fingerprint density at radius 3 is 2.88 bits per heavy atom. The largest absolute Gasteiger partial charge is 0.375 e. The zero-order valence-corrected chi connectivity index (χ0v) is 10.9. The highest BCUT2D eigenvalue weighted by Crippen LogP contribution is 2.21. The molecule has 0 saturated carbocycles. The van der Waals surface area contributed by atoms with E-state index < -0.39 is 0 Å².